The molecule has 0 aromatic heterocycles. The third-order valence-electron chi connectivity index (χ3n) is 11.8. The van der Waals surface area contributed by atoms with Crippen LogP contribution in [0.15, 0.2) is 18.2 Å². The number of hydrogen-bond acceptors (Lipinski definition) is 6. The van der Waals surface area contributed by atoms with Gasteiger partial charge in [0.05, 0.1) is 16.6 Å². The van der Waals surface area contributed by atoms with Gasteiger partial charge >= 0.3 is 13.2 Å². The number of carbonyl (C=O) groups excluding carboxylic acids is 2. The summed E-state index contributed by atoms with van der Waals surface area (Å²) < 4.78 is 18.5. The number of fused-ring (bicyclic) bond motifs is 4. The minimum atomic E-state index is -0.613. The van der Waals surface area contributed by atoms with Crippen LogP contribution in [0.1, 0.15) is 99.0 Å². The second kappa shape index (κ2) is 9.95. The zero-order valence-electron chi connectivity index (χ0n) is 27.3. The minimum Gasteiger partial charge on any atom is -0.444 e. The molecule has 2 saturated carbocycles. The molecular weight excluding hydrogens is 541 g/mol. The zero-order chi connectivity index (χ0) is 30.5. The Morgan fingerprint density at radius 1 is 0.930 bits per heavy atom. The predicted octanol–water partition coefficient (Wildman–Crippen LogP) is 4.86. The number of hydrogen-bond donors (Lipinski definition) is 0. The van der Waals surface area contributed by atoms with Crippen LogP contribution in [0.25, 0.3) is 0 Å². The van der Waals surface area contributed by atoms with Crippen molar-refractivity contribution in [1.82, 2.24) is 9.80 Å². The molecule has 2 unspecified atom stereocenters. The van der Waals surface area contributed by atoms with Gasteiger partial charge < -0.3 is 23.8 Å². The van der Waals surface area contributed by atoms with Crippen LogP contribution in [0.3, 0.4) is 0 Å². The molecule has 43 heavy (non-hydrogen) atoms. The smallest absolute Gasteiger partial charge is 0.444 e. The van der Waals surface area contributed by atoms with Crippen molar-refractivity contribution in [3.8, 4) is 0 Å². The topological polar surface area (TPSA) is 71.6 Å². The number of piperidine rings is 2. The number of anilines is 1. The van der Waals surface area contributed by atoms with Crippen LogP contribution in [0, 0.1) is 11.8 Å². The van der Waals surface area contributed by atoms with Crippen molar-refractivity contribution in [3.63, 3.8) is 0 Å². The molecule has 1 spiro atoms. The molecule has 9 heteroatoms. The molecule has 7 rings (SSSR count). The molecule has 4 heterocycles. The van der Waals surface area contributed by atoms with Crippen LogP contribution < -0.4 is 10.4 Å². The first-order valence-corrected chi connectivity index (χ1v) is 16.7. The highest BCUT2D eigenvalue weighted by molar-refractivity contribution is 6.62. The van der Waals surface area contributed by atoms with Gasteiger partial charge in [0.1, 0.15) is 5.60 Å². The third-order valence-corrected chi connectivity index (χ3v) is 11.8. The molecule has 2 bridgehead atoms. The number of likely N-dealkylation sites (tertiary alicyclic amines) is 2. The Hall–Kier alpha value is -2.10. The SMILES string of the molecule is CC(C)(C)OC(=O)N1CCC2(CC1)C(=O)N([C@H]1C[C@@H](N3CC4CCC(C4)C3)C1)c1cc(B3OC(C)(C)C(C)(C)O3)ccc12. The molecule has 2 aliphatic carbocycles. The third kappa shape index (κ3) is 4.92. The number of benzene rings is 1. The van der Waals surface area contributed by atoms with E-state index in [9.17, 15) is 9.59 Å². The lowest BCUT2D eigenvalue weighted by Gasteiger charge is -2.49. The molecule has 2 amide bonds. The van der Waals surface area contributed by atoms with Gasteiger partial charge in [-0.3, -0.25) is 9.69 Å². The maximum Gasteiger partial charge on any atom is 0.494 e. The lowest BCUT2D eigenvalue weighted by molar-refractivity contribution is -0.126. The molecule has 4 aliphatic heterocycles. The summed E-state index contributed by atoms with van der Waals surface area (Å²) in [5, 5.41) is 0. The van der Waals surface area contributed by atoms with Crippen LogP contribution in [0.5, 0.6) is 0 Å². The van der Waals surface area contributed by atoms with E-state index < -0.39 is 29.3 Å². The van der Waals surface area contributed by atoms with Crippen molar-refractivity contribution in [1.29, 1.82) is 0 Å². The Kier molecular flexibility index (Phi) is 6.85. The highest BCUT2D eigenvalue weighted by Crippen LogP contribution is 2.51. The molecular formula is C34H50BN3O5. The standard InChI is InChI=1S/C34H50BN3O5/c1-31(2,3)41-30(40)36-14-12-34(13-15-36)27-11-10-24(35-42-32(4,5)33(6,7)43-35)17-28(27)38(29(34)39)26-18-25(19-26)37-20-22-8-9-23(16-22)21-37/h10-11,17,22-23,25-26H,8-9,12-16,18-21H2,1-7H3/t22?,23?,25-,26+. The number of ether oxygens (including phenoxy) is 1. The van der Waals surface area contributed by atoms with E-state index in [0.29, 0.717) is 32.0 Å². The summed E-state index contributed by atoms with van der Waals surface area (Å²) in [6.45, 7) is 17.5. The van der Waals surface area contributed by atoms with Gasteiger partial charge in [-0.2, -0.15) is 0 Å². The van der Waals surface area contributed by atoms with Gasteiger partial charge in [0.2, 0.25) is 5.91 Å². The van der Waals surface area contributed by atoms with Crippen molar-refractivity contribution in [2.45, 2.75) is 128 Å². The Labute approximate surface area is 257 Å². The zero-order valence-corrected chi connectivity index (χ0v) is 27.3. The van der Waals surface area contributed by atoms with Crippen LogP contribution >= 0.6 is 0 Å². The van der Waals surface area contributed by atoms with Gasteiger partial charge in [-0.15, -0.1) is 0 Å². The molecule has 1 aromatic rings. The summed E-state index contributed by atoms with van der Waals surface area (Å²) in [4.78, 5) is 34.2. The summed E-state index contributed by atoms with van der Waals surface area (Å²) in [5.74, 6) is 1.94. The average Bonchev–Trinajstić information content (AvgIpc) is 3.44. The molecule has 2 atom stereocenters. The van der Waals surface area contributed by atoms with E-state index in [1.165, 1.54) is 32.4 Å². The van der Waals surface area contributed by atoms with E-state index in [1.807, 2.05) is 20.8 Å². The van der Waals surface area contributed by atoms with Crippen LogP contribution in [-0.4, -0.2) is 84.0 Å². The summed E-state index contributed by atoms with van der Waals surface area (Å²) >= 11 is 0. The van der Waals surface area contributed by atoms with E-state index in [1.54, 1.807) is 4.90 Å². The fourth-order valence-electron chi connectivity index (χ4n) is 8.59. The molecule has 6 aliphatic rings. The Morgan fingerprint density at radius 2 is 1.53 bits per heavy atom. The fourth-order valence-corrected chi connectivity index (χ4v) is 8.59. The van der Waals surface area contributed by atoms with Gasteiger partial charge in [-0.1, -0.05) is 12.1 Å². The molecule has 234 valence electrons. The first-order chi connectivity index (χ1) is 20.2. The Balaban J connectivity index is 1.15. The normalized spacial score (nSPS) is 32.7. The summed E-state index contributed by atoms with van der Waals surface area (Å²) in [6.07, 6.45) is 7.18. The maximum atomic E-state index is 14.6. The maximum absolute atomic E-state index is 14.6. The molecule has 0 N–H and O–H groups in total. The Morgan fingerprint density at radius 3 is 2.12 bits per heavy atom. The van der Waals surface area contributed by atoms with Crippen molar-refractivity contribution < 1.29 is 23.6 Å². The molecule has 8 nitrogen and oxygen atoms in total. The van der Waals surface area contributed by atoms with Gasteiger partial charge in [0, 0.05) is 44.0 Å². The van der Waals surface area contributed by atoms with E-state index in [0.717, 1.165) is 41.4 Å². The predicted molar refractivity (Wildman–Crippen MR) is 168 cm³/mol. The second-order valence-electron chi connectivity index (χ2n) is 16.4. The highest BCUT2D eigenvalue weighted by Gasteiger charge is 2.57. The second-order valence-corrected chi connectivity index (χ2v) is 16.4. The van der Waals surface area contributed by atoms with Gasteiger partial charge in [0.15, 0.2) is 0 Å². The number of amides is 2. The molecule has 3 saturated heterocycles. The quantitative estimate of drug-likeness (QED) is 0.468. The number of carbonyl (C=O) groups is 2. The van der Waals surface area contributed by atoms with E-state index in [4.69, 9.17) is 14.0 Å². The molecule has 1 aromatic carbocycles. The van der Waals surface area contributed by atoms with Crippen molar-refractivity contribution in [3.05, 3.63) is 23.8 Å². The fraction of sp³-hybridized carbons (Fsp3) is 0.765. The Bertz CT molecular complexity index is 1270. The largest absolute Gasteiger partial charge is 0.494 e. The van der Waals surface area contributed by atoms with E-state index in [2.05, 4.69) is 55.7 Å². The lowest BCUT2D eigenvalue weighted by atomic mass is 9.71. The first-order valence-electron chi connectivity index (χ1n) is 16.7. The summed E-state index contributed by atoms with van der Waals surface area (Å²) in [7, 11) is -0.476. The van der Waals surface area contributed by atoms with Gasteiger partial charge in [0.25, 0.3) is 0 Å². The molecule has 0 radical (unpaired) electrons. The lowest BCUT2D eigenvalue weighted by Crippen LogP contribution is -2.59. The van der Waals surface area contributed by atoms with Crippen molar-refractivity contribution in [2.75, 3.05) is 31.1 Å². The monoisotopic (exact) mass is 591 g/mol. The van der Waals surface area contributed by atoms with E-state index >= 15 is 0 Å². The summed E-state index contributed by atoms with van der Waals surface area (Å²) in [6, 6.07) is 7.18. The van der Waals surface area contributed by atoms with Crippen molar-refractivity contribution in [2.24, 2.45) is 11.8 Å². The van der Waals surface area contributed by atoms with Crippen LogP contribution in [0.4, 0.5) is 10.5 Å². The minimum absolute atomic E-state index is 0.202. The van der Waals surface area contributed by atoms with E-state index in [-0.39, 0.29) is 18.0 Å². The van der Waals surface area contributed by atoms with Crippen LogP contribution in [-0.2, 0) is 24.3 Å². The average molecular weight is 592 g/mol. The van der Waals surface area contributed by atoms with Crippen LogP contribution in [0.2, 0.25) is 0 Å². The number of rotatable bonds is 3. The van der Waals surface area contributed by atoms with Crippen molar-refractivity contribution >= 4 is 30.3 Å². The molecule has 5 fully saturated rings. The number of nitrogens with zero attached hydrogens (tertiary/aromatic N) is 3. The first kappa shape index (κ1) is 29.6. The van der Waals surface area contributed by atoms with Gasteiger partial charge in [-0.05, 0) is 122 Å². The summed E-state index contributed by atoms with van der Waals surface area (Å²) in [5.41, 5.74) is 1.05. The van der Waals surface area contributed by atoms with Gasteiger partial charge in [-0.25, -0.2) is 4.79 Å². The highest BCUT2D eigenvalue weighted by atomic mass is 16.7.